The Bertz CT molecular complexity index is 1180. The van der Waals surface area contributed by atoms with Crippen LogP contribution in [0.15, 0.2) is 63.1 Å². The number of hydrogen-bond acceptors (Lipinski definition) is 7. The van der Waals surface area contributed by atoms with Gasteiger partial charge in [-0.05, 0) is 37.5 Å². The number of nitro groups is 1. The molecule has 1 heterocycles. The van der Waals surface area contributed by atoms with Crippen LogP contribution in [0.2, 0.25) is 0 Å². The maximum absolute atomic E-state index is 13.0. The van der Waals surface area contributed by atoms with Gasteiger partial charge in [0.1, 0.15) is 6.04 Å². The average Bonchev–Trinajstić information content (AvgIpc) is 3.52. The summed E-state index contributed by atoms with van der Waals surface area (Å²) in [6.07, 6.45) is 2.19. The minimum Gasteiger partial charge on any atom is -0.352 e. The second-order valence-corrected chi connectivity index (χ2v) is 9.94. The molecule has 1 aliphatic carbocycles. The van der Waals surface area contributed by atoms with Crippen molar-refractivity contribution in [2.24, 2.45) is 0 Å². The molecule has 170 valence electrons. The van der Waals surface area contributed by atoms with E-state index in [1.54, 1.807) is 6.07 Å². The number of nitrogens with one attached hydrogen (secondary N) is 2. The van der Waals surface area contributed by atoms with Crippen LogP contribution in [-0.2, 0) is 11.2 Å². The summed E-state index contributed by atoms with van der Waals surface area (Å²) < 4.78 is 0.687. The zero-order valence-electron chi connectivity index (χ0n) is 17.8. The normalized spacial score (nSPS) is 13.8. The first-order valence-corrected chi connectivity index (χ1v) is 12.1. The Balaban J connectivity index is 1.53. The van der Waals surface area contributed by atoms with Crippen LogP contribution in [0.4, 0.5) is 5.69 Å². The average molecular weight is 483 g/mol. The number of aromatic nitrogens is 1. The molecular weight excluding hydrogens is 460 g/mol. The fourth-order valence-electron chi connectivity index (χ4n) is 3.19. The minimum absolute atomic E-state index is 0.124. The molecule has 2 amide bonds. The van der Waals surface area contributed by atoms with Crippen LogP contribution in [0.1, 0.15) is 34.5 Å². The Labute approximate surface area is 199 Å². The first-order chi connectivity index (χ1) is 15.9. The van der Waals surface area contributed by atoms with Gasteiger partial charge in [-0.2, -0.15) is 0 Å². The van der Waals surface area contributed by atoms with Crippen LogP contribution < -0.4 is 10.6 Å². The highest BCUT2D eigenvalue weighted by molar-refractivity contribution is 8.01. The third-order valence-electron chi connectivity index (χ3n) is 5.04. The van der Waals surface area contributed by atoms with Gasteiger partial charge in [0, 0.05) is 35.2 Å². The summed E-state index contributed by atoms with van der Waals surface area (Å²) in [7, 11) is 0. The van der Waals surface area contributed by atoms with Crippen molar-refractivity contribution in [3.8, 4) is 0 Å². The Morgan fingerprint density at radius 2 is 2.00 bits per heavy atom. The molecule has 0 radical (unpaired) electrons. The number of carbonyl (C=O) groups is 2. The van der Waals surface area contributed by atoms with Gasteiger partial charge in [-0.15, -0.1) is 11.3 Å². The van der Waals surface area contributed by atoms with Crippen LogP contribution in [0.5, 0.6) is 0 Å². The number of thiazole rings is 1. The third kappa shape index (κ3) is 6.17. The quantitative estimate of drug-likeness (QED) is 0.350. The predicted octanol–water partition coefficient (Wildman–Crippen LogP) is 4.13. The summed E-state index contributed by atoms with van der Waals surface area (Å²) in [5.74, 6) is -0.790. The molecule has 3 aromatic rings. The van der Waals surface area contributed by atoms with Gasteiger partial charge in [0.25, 0.3) is 11.6 Å². The number of aryl methyl sites for hydroxylation is 1. The first kappa shape index (κ1) is 22.9. The van der Waals surface area contributed by atoms with Gasteiger partial charge in [-0.1, -0.05) is 42.1 Å². The molecule has 1 unspecified atom stereocenters. The van der Waals surface area contributed by atoms with Gasteiger partial charge in [-0.25, -0.2) is 4.98 Å². The second-order valence-electron chi connectivity index (χ2n) is 7.80. The van der Waals surface area contributed by atoms with E-state index in [1.165, 1.54) is 35.2 Å². The minimum atomic E-state index is -0.785. The fourth-order valence-corrected chi connectivity index (χ4v) is 5.07. The molecule has 0 aliphatic heterocycles. The van der Waals surface area contributed by atoms with Gasteiger partial charge in [0.2, 0.25) is 5.91 Å². The molecule has 10 heteroatoms. The van der Waals surface area contributed by atoms with Gasteiger partial charge in [-0.3, -0.25) is 19.7 Å². The summed E-state index contributed by atoms with van der Waals surface area (Å²) in [5.41, 5.74) is 1.70. The predicted molar refractivity (Wildman–Crippen MR) is 127 cm³/mol. The topological polar surface area (TPSA) is 114 Å². The Hall–Kier alpha value is -3.24. The molecule has 0 saturated heterocycles. The number of benzene rings is 2. The lowest BCUT2D eigenvalue weighted by molar-refractivity contribution is -0.387. The number of hydrogen-bond donors (Lipinski definition) is 2. The molecule has 0 spiro atoms. The maximum atomic E-state index is 13.0. The van der Waals surface area contributed by atoms with Crippen molar-refractivity contribution in [2.45, 2.75) is 47.5 Å². The SMILES string of the molecule is Cc1csc(Sc2ccc(C(=O)NC(Cc3ccccc3)C(=O)NC3CC3)cc2[N+](=O)[O-])n1. The number of nitrogens with zero attached hydrogens (tertiary/aromatic N) is 2. The van der Waals surface area contributed by atoms with E-state index in [0.29, 0.717) is 15.7 Å². The third-order valence-corrected chi connectivity index (χ3v) is 7.16. The number of nitro benzene ring substituents is 1. The van der Waals surface area contributed by atoms with Crippen LogP contribution in [0.3, 0.4) is 0 Å². The van der Waals surface area contributed by atoms with E-state index in [1.807, 2.05) is 42.6 Å². The Morgan fingerprint density at radius 1 is 1.24 bits per heavy atom. The summed E-state index contributed by atoms with van der Waals surface area (Å²) in [5, 5.41) is 19.2. The van der Waals surface area contributed by atoms with E-state index in [4.69, 9.17) is 0 Å². The summed E-state index contributed by atoms with van der Waals surface area (Å²) in [6.45, 7) is 1.85. The standard InChI is InChI=1S/C23H22N4O4S2/c1-14-13-32-23(24-14)33-20-10-7-16(12-19(20)27(30)31)21(28)26-18(22(29)25-17-8-9-17)11-15-5-3-2-4-6-15/h2-7,10,12-13,17-18H,8-9,11H2,1H3,(H,25,29)(H,26,28). The van der Waals surface area contributed by atoms with E-state index < -0.39 is 16.9 Å². The van der Waals surface area contributed by atoms with Crippen molar-refractivity contribution >= 4 is 40.6 Å². The van der Waals surface area contributed by atoms with Gasteiger partial charge in [0.15, 0.2) is 4.34 Å². The smallest absolute Gasteiger partial charge is 0.284 e. The molecule has 1 atom stereocenters. The molecule has 1 saturated carbocycles. The van der Waals surface area contributed by atoms with Crippen LogP contribution in [0, 0.1) is 17.0 Å². The molecule has 1 fully saturated rings. The van der Waals surface area contributed by atoms with E-state index in [-0.39, 0.29) is 23.2 Å². The van der Waals surface area contributed by atoms with Gasteiger partial charge in [0.05, 0.1) is 9.82 Å². The highest BCUT2D eigenvalue weighted by Crippen LogP contribution is 2.36. The molecule has 2 N–H and O–H groups in total. The maximum Gasteiger partial charge on any atom is 0.284 e. The van der Waals surface area contributed by atoms with Crippen molar-refractivity contribution in [3.05, 3.63) is 80.8 Å². The summed E-state index contributed by atoms with van der Waals surface area (Å²) >= 11 is 2.59. The zero-order chi connectivity index (χ0) is 23.4. The Morgan fingerprint density at radius 3 is 2.64 bits per heavy atom. The Kier molecular flexibility index (Phi) is 7.05. The monoisotopic (exact) mass is 482 g/mol. The number of rotatable bonds is 9. The molecule has 33 heavy (non-hydrogen) atoms. The lowest BCUT2D eigenvalue weighted by atomic mass is 10.0. The van der Waals surface area contributed by atoms with Crippen LogP contribution in [-0.4, -0.2) is 33.8 Å². The van der Waals surface area contributed by atoms with Crippen molar-refractivity contribution in [3.63, 3.8) is 0 Å². The molecule has 0 bridgehead atoms. The van der Waals surface area contributed by atoms with Crippen LogP contribution >= 0.6 is 23.1 Å². The summed E-state index contributed by atoms with van der Waals surface area (Å²) in [4.78, 5) is 41.6. The molecule has 1 aliphatic rings. The zero-order valence-corrected chi connectivity index (χ0v) is 19.4. The van der Waals surface area contributed by atoms with Crippen LogP contribution in [0.25, 0.3) is 0 Å². The molecule has 4 rings (SSSR count). The number of amides is 2. The van der Waals surface area contributed by atoms with E-state index in [0.717, 1.165) is 24.1 Å². The number of carbonyl (C=O) groups excluding carboxylic acids is 2. The highest BCUT2D eigenvalue weighted by Gasteiger charge is 2.29. The van der Waals surface area contributed by atoms with Crippen molar-refractivity contribution in [1.82, 2.24) is 15.6 Å². The van der Waals surface area contributed by atoms with Crippen molar-refractivity contribution in [2.75, 3.05) is 0 Å². The lowest BCUT2D eigenvalue weighted by Crippen LogP contribution is -2.48. The molecule has 1 aromatic heterocycles. The molecule has 8 nitrogen and oxygen atoms in total. The molecule has 2 aromatic carbocycles. The van der Waals surface area contributed by atoms with Crippen molar-refractivity contribution in [1.29, 1.82) is 0 Å². The van der Waals surface area contributed by atoms with Gasteiger partial charge >= 0.3 is 0 Å². The molecular formula is C23H22N4O4S2. The van der Waals surface area contributed by atoms with Gasteiger partial charge < -0.3 is 10.6 Å². The largest absolute Gasteiger partial charge is 0.352 e. The highest BCUT2D eigenvalue weighted by atomic mass is 32.2. The van der Waals surface area contributed by atoms with Crippen molar-refractivity contribution < 1.29 is 14.5 Å². The summed E-state index contributed by atoms with van der Waals surface area (Å²) in [6, 6.07) is 13.1. The lowest BCUT2D eigenvalue weighted by Gasteiger charge is -2.19. The van der Waals surface area contributed by atoms with E-state index in [2.05, 4.69) is 15.6 Å². The first-order valence-electron chi connectivity index (χ1n) is 10.4. The fraction of sp³-hybridized carbons (Fsp3) is 0.261. The second kappa shape index (κ2) is 10.1. The van der Waals surface area contributed by atoms with E-state index >= 15 is 0 Å². The van der Waals surface area contributed by atoms with E-state index in [9.17, 15) is 19.7 Å².